The number of piperazine rings is 1. The van der Waals surface area contributed by atoms with E-state index in [0.29, 0.717) is 5.89 Å². The third-order valence-corrected chi connectivity index (χ3v) is 4.48. The van der Waals surface area contributed by atoms with Gasteiger partial charge < -0.3 is 14.3 Å². The van der Waals surface area contributed by atoms with Gasteiger partial charge in [-0.05, 0) is 27.2 Å². The van der Waals surface area contributed by atoms with Gasteiger partial charge in [0.25, 0.3) is 0 Å². The van der Waals surface area contributed by atoms with Gasteiger partial charge in [-0.3, -0.25) is 4.90 Å². The topological polar surface area (TPSA) is 65.7 Å². The van der Waals surface area contributed by atoms with Crippen LogP contribution in [0.25, 0.3) is 0 Å². The van der Waals surface area contributed by atoms with Gasteiger partial charge >= 0.3 is 6.03 Å². The van der Waals surface area contributed by atoms with Gasteiger partial charge in [0.05, 0.1) is 6.04 Å². The lowest BCUT2D eigenvalue weighted by atomic mass is 10.2. The summed E-state index contributed by atoms with van der Waals surface area (Å²) in [5.74, 6) is 1.46. The molecule has 1 saturated heterocycles. The highest BCUT2D eigenvalue weighted by molar-refractivity contribution is 5.74. The van der Waals surface area contributed by atoms with Crippen LogP contribution >= 0.6 is 0 Å². The molecule has 7 nitrogen and oxygen atoms in total. The summed E-state index contributed by atoms with van der Waals surface area (Å²) in [5.41, 5.74) is 0. The second-order valence-corrected chi connectivity index (χ2v) is 5.95. The molecular weight excluding hydrogens is 294 g/mol. The number of carbonyl (C=O) groups is 1. The number of carbonyl (C=O) groups excluding carboxylic acids is 1. The van der Waals surface area contributed by atoms with E-state index in [1.54, 1.807) is 0 Å². The summed E-state index contributed by atoms with van der Waals surface area (Å²) in [6, 6.07) is 0.240. The molecule has 0 saturated carbocycles. The van der Waals surface area contributed by atoms with E-state index < -0.39 is 0 Å². The Hall–Kier alpha value is -1.63. The SMILES string of the molecule is CCCc1noc([C@@H](C)N2CCN(C(=O)N(CC)CC)CC2)n1. The first-order valence-corrected chi connectivity index (χ1v) is 8.71. The first kappa shape index (κ1) is 17.7. The van der Waals surface area contributed by atoms with Crippen molar-refractivity contribution in [1.29, 1.82) is 0 Å². The highest BCUT2D eigenvalue weighted by atomic mass is 16.5. The summed E-state index contributed by atoms with van der Waals surface area (Å²) < 4.78 is 5.39. The number of hydrogen-bond acceptors (Lipinski definition) is 5. The van der Waals surface area contributed by atoms with Crippen LogP contribution in [0.2, 0.25) is 0 Å². The van der Waals surface area contributed by atoms with Gasteiger partial charge in [-0.15, -0.1) is 0 Å². The van der Waals surface area contributed by atoms with E-state index in [0.717, 1.165) is 57.9 Å². The first-order chi connectivity index (χ1) is 11.1. The Kier molecular flexibility index (Phi) is 6.38. The van der Waals surface area contributed by atoms with Crippen molar-refractivity contribution >= 4 is 6.03 Å². The average molecular weight is 323 g/mol. The van der Waals surface area contributed by atoms with Gasteiger partial charge in [0, 0.05) is 45.7 Å². The molecule has 1 aromatic heterocycles. The Morgan fingerprint density at radius 2 is 1.87 bits per heavy atom. The van der Waals surface area contributed by atoms with Crippen LogP contribution in [0.5, 0.6) is 0 Å². The molecule has 0 aliphatic carbocycles. The van der Waals surface area contributed by atoms with Crippen LogP contribution < -0.4 is 0 Å². The molecule has 23 heavy (non-hydrogen) atoms. The molecule has 2 rings (SSSR count). The van der Waals surface area contributed by atoms with Crippen molar-refractivity contribution in [3.8, 4) is 0 Å². The minimum atomic E-state index is 0.0961. The van der Waals surface area contributed by atoms with Crippen molar-refractivity contribution in [1.82, 2.24) is 24.8 Å². The third-order valence-electron chi connectivity index (χ3n) is 4.48. The van der Waals surface area contributed by atoms with Gasteiger partial charge in [0.15, 0.2) is 5.82 Å². The van der Waals surface area contributed by atoms with E-state index in [-0.39, 0.29) is 12.1 Å². The second kappa shape index (κ2) is 8.29. The maximum Gasteiger partial charge on any atom is 0.320 e. The Morgan fingerprint density at radius 1 is 1.22 bits per heavy atom. The molecule has 1 atom stereocenters. The molecule has 1 aliphatic heterocycles. The van der Waals surface area contributed by atoms with Gasteiger partial charge in [0.2, 0.25) is 5.89 Å². The summed E-state index contributed by atoms with van der Waals surface area (Å²) in [6.45, 7) is 12.9. The molecule has 0 spiro atoms. The number of aryl methyl sites for hydroxylation is 1. The minimum Gasteiger partial charge on any atom is -0.338 e. The summed E-state index contributed by atoms with van der Waals surface area (Å²) in [7, 11) is 0. The zero-order chi connectivity index (χ0) is 16.8. The van der Waals surface area contributed by atoms with Crippen LogP contribution in [0.15, 0.2) is 4.52 Å². The minimum absolute atomic E-state index is 0.0961. The number of aromatic nitrogens is 2. The molecule has 1 aromatic rings. The molecule has 0 unspecified atom stereocenters. The summed E-state index contributed by atoms with van der Waals surface area (Å²) in [6.07, 6.45) is 1.86. The highest BCUT2D eigenvalue weighted by Crippen LogP contribution is 2.20. The number of hydrogen-bond donors (Lipinski definition) is 0. The Morgan fingerprint density at radius 3 is 2.43 bits per heavy atom. The van der Waals surface area contributed by atoms with Crippen molar-refractivity contribution in [2.45, 2.75) is 46.6 Å². The van der Waals surface area contributed by atoms with E-state index in [1.165, 1.54) is 0 Å². The molecule has 1 aliphatic rings. The normalized spacial score (nSPS) is 17.3. The lowest BCUT2D eigenvalue weighted by molar-refractivity contribution is 0.0866. The first-order valence-electron chi connectivity index (χ1n) is 8.71. The lowest BCUT2D eigenvalue weighted by Crippen LogP contribution is -2.53. The molecule has 0 aromatic carbocycles. The standard InChI is InChI=1S/C16H29N5O2/c1-5-8-14-17-15(23-18-14)13(4)20-9-11-21(12-10-20)16(22)19(6-2)7-3/h13H,5-12H2,1-4H3/t13-/m1/s1. The summed E-state index contributed by atoms with van der Waals surface area (Å²) in [5, 5.41) is 4.03. The number of amides is 2. The maximum absolute atomic E-state index is 12.4. The van der Waals surface area contributed by atoms with Gasteiger partial charge in [0.1, 0.15) is 0 Å². The fourth-order valence-corrected chi connectivity index (χ4v) is 2.91. The van der Waals surface area contributed by atoms with Crippen molar-refractivity contribution in [3.63, 3.8) is 0 Å². The lowest BCUT2D eigenvalue weighted by Gasteiger charge is -2.38. The van der Waals surface area contributed by atoms with Crippen LogP contribution in [-0.2, 0) is 6.42 Å². The monoisotopic (exact) mass is 323 g/mol. The van der Waals surface area contributed by atoms with Crippen molar-refractivity contribution in [2.75, 3.05) is 39.3 Å². The average Bonchev–Trinajstić information content (AvgIpc) is 3.04. The van der Waals surface area contributed by atoms with Crippen LogP contribution in [-0.4, -0.2) is 70.1 Å². The Balaban J connectivity index is 1.89. The quantitative estimate of drug-likeness (QED) is 0.802. The van der Waals surface area contributed by atoms with Gasteiger partial charge in [-0.1, -0.05) is 12.1 Å². The van der Waals surface area contributed by atoms with E-state index in [2.05, 4.69) is 28.9 Å². The molecule has 0 bridgehead atoms. The highest BCUT2D eigenvalue weighted by Gasteiger charge is 2.28. The fourth-order valence-electron chi connectivity index (χ4n) is 2.91. The molecule has 7 heteroatoms. The van der Waals surface area contributed by atoms with Crippen LogP contribution in [0.4, 0.5) is 4.79 Å². The molecule has 2 amide bonds. The number of rotatable bonds is 6. The molecule has 0 radical (unpaired) electrons. The largest absolute Gasteiger partial charge is 0.338 e. The molecule has 2 heterocycles. The van der Waals surface area contributed by atoms with Crippen molar-refractivity contribution in [2.24, 2.45) is 0 Å². The van der Waals surface area contributed by atoms with E-state index >= 15 is 0 Å². The van der Waals surface area contributed by atoms with Crippen LogP contribution in [0.3, 0.4) is 0 Å². The van der Waals surface area contributed by atoms with Crippen molar-refractivity contribution < 1.29 is 9.32 Å². The Bertz CT molecular complexity index is 492. The number of urea groups is 1. The predicted octanol–water partition coefficient (Wildman–Crippen LogP) is 2.16. The summed E-state index contributed by atoms with van der Waals surface area (Å²) in [4.78, 5) is 23.0. The smallest absolute Gasteiger partial charge is 0.320 e. The fraction of sp³-hybridized carbons (Fsp3) is 0.812. The molecule has 130 valence electrons. The van der Waals surface area contributed by atoms with Gasteiger partial charge in [-0.25, -0.2) is 4.79 Å². The third kappa shape index (κ3) is 4.22. The van der Waals surface area contributed by atoms with Crippen LogP contribution in [0, 0.1) is 0 Å². The zero-order valence-electron chi connectivity index (χ0n) is 14.8. The van der Waals surface area contributed by atoms with E-state index in [1.807, 2.05) is 23.6 Å². The molecule has 0 N–H and O–H groups in total. The molecule has 1 fully saturated rings. The van der Waals surface area contributed by atoms with Crippen LogP contribution in [0.1, 0.15) is 51.9 Å². The number of nitrogens with zero attached hydrogens (tertiary/aromatic N) is 5. The summed E-state index contributed by atoms with van der Waals surface area (Å²) >= 11 is 0. The zero-order valence-corrected chi connectivity index (χ0v) is 14.8. The molecular formula is C16H29N5O2. The Labute approximate surface area is 138 Å². The second-order valence-electron chi connectivity index (χ2n) is 5.95. The predicted molar refractivity (Wildman–Crippen MR) is 88.2 cm³/mol. The van der Waals surface area contributed by atoms with Gasteiger partial charge in [-0.2, -0.15) is 4.98 Å². The van der Waals surface area contributed by atoms with E-state index in [9.17, 15) is 4.79 Å². The van der Waals surface area contributed by atoms with Crippen molar-refractivity contribution in [3.05, 3.63) is 11.7 Å². The van der Waals surface area contributed by atoms with E-state index in [4.69, 9.17) is 4.52 Å². The maximum atomic E-state index is 12.4.